The van der Waals surface area contributed by atoms with E-state index >= 15 is 0 Å². The standard InChI is InChI=1S/C35H36FNO5/c1-2-9-25-20-27-33(35(42)37(34(27)41)26-12-7-4-8-13-26)28(21-38)32(25)31(40)17-15-24(23-10-5-3-6-11-23)18-22-14-16-30(39)29(36)19-22/h3-8,10-14,16,18-19,27-28,31,33,38-40H,2,9,15,17,20-21H2,1H3/b24-18-/t27-,28+,31-,33-/m1/s1. The molecule has 3 aromatic rings. The first kappa shape index (κ1) is 29.4. The van der Waals surface area contributed by atoms with Crippen LogP contribution in [0.2, 0.25) is 0 Å². The van der Waals surface area contributed by atoms with Crippen LogP contribution in [-0.2, 0) is 9.59 Å². The van der Waals surface area contributed by atoms with Crippen molar-refractivity contribution in [3.05, 3.63) is 107 Å². The van der Waals surface area contributed by atoms with Gasteiger partial charge >= 0.3 is 0 Å². The molecule has 2 aliphatic rings. The summed E-state index contributed by atoms with van der Waals surface area (Å²) in [5, 5.41) is 31.9. The number of halogens is 1. The Kier molecular flexibility index (Phi) is 9.00. The van der Waals surface area contributed by atoms with E-state index in [4.69, 9.17) is 0 Å². The van der Waals surface area contributed by atoms with Crippen LogP contribution >= 0.6 is 0 Å². The third-order valence-corrected chi connectivity index (χ3v) is 8.45. The van der Waals surface area contributed by atoms with Crippen LogP contribution < -0.4 is 4.90 Å². The van der Waals surface area contributed by atoms with Gasteiger partial charge in [-0.15, -0.1) is 0 Å². The monoisotopic (exact) mass is 569 g/mol. The zero-order valence-electron chi connectivity index (χ0n) is 23.6. The van der Waals surface area contributed by atoms with Gasteiger partial charge in [-0.25, -0.2) is 4.39 Å². The number of hydrogen-bond acceptors (Lipinski definition) is 5. The summed E-state index contributed by atoms with van der Waals surface area (Å²) in [5.41, 5.74) is 4.48. The molecular weight excluding hydrogens is 533 g/mol. The summed E-state index contributed by atoms with van der Waals surface area (Å²) in [4.78, 5) is 28.4. The van der Waals surface area contributed by atoms with Gasteiger partial charge in [0.05, 0.1) is 30.2 Å². The molecule has 1 saturated heterocycles. The predicted molar refractivity (Wildman–Crippen MR) is 161 cm³/mol. The Bertz CT molecular complexity index is 1500. The van der Waals surface area contributed by atoms with Crippen LogP contribution in [0.15, 0.2) is 90.0 Å². The first-order chi connectivity index (χ1) is 20.3. The number of fused-ring (bicyclic) bond motifs is 1. The molecule has 218 valence electrons. The van der Waals surface area contributed by atoms with E-state index in [0.717, 1.165) is 23.1 Å². The van der Waals surface area contributed by atoms with E-state index in [1.165, 1.54) is 17.0 Å². The molecular formula is C35H36FNO5. The summed E-state index contributed by atoms with van der Waals surface area (Å²) in [7, 11) is 0. The van der Waals surface area contributed by atoms with Crippen molar-refractivity contribution in [1.82, 2.24) is 0 Å². The van der Waals surface area contributed by atoms with Gasteiger partial charge in [0.15, 0.2) is 11.6 Å². The smallest absolute Gasteiger partial charge is 0.238 e. The van der Waals surface area contributed by atoms with Crippen molar-refractivity contribution >= 4 is 29.2 Å². The Labute approximate surface area is 245 Å². The van der Waals surface area contributed by atoms with Gasteiger partial charge in [-0.3, -0.25) is 14.5 Å². The van der Waals surface area contributed by atoms with Crippen LogP contribution in [0.25, 0.3) is 11.6 Å². The first-order valence-electron chi connectivity index (χ1n) is 14.5. The Balaban J connectivity index is 1.45. The molecule has 0 aromatic heterocycles. The normalized spacial score (nSPS) is 21.6. The van der Waals surface area contributed by atoms with Crippen molar-refractivity contribution in [2.45, 2.75) is 45.1 Å². The number of aliphatic hydroxyl groups is 2. The number of para-hydroxylation sites is 1. The number of phenols is 1. The molecule has 42 heavy (non-hydrogen) atoms. The fraction of sp³-hybridized carbons (Fsp3) is 0.314. The average molecular weight is 570 g/mol. The predicted octanol–water partition coefficient (Wildman–Crippen LogP) is 6.13. The molecule has 0 radical (unpaired) electrons. The molecule has 1 aliphatic carbocycles. The van der Waals surface area contributed by atoms with E-state index in [0.29, 0.717) is 42.5 Å². The summed E-state index contributed by atoms with van der Waals surface area (Å²) in [5.74, 6) is -3.71. The van der Waals surface area contributed by atoms with E-state index < -0.39 is 35.4 Å². The fourth-order valence-electron chi connectivity index (χ4n) is 6.54. The Hall–Kier alpha value is -4.07. The van der Waals surface area contributed by atoms with Crippen molar-refractivity contribution in [3.63, 3.8) is 0 Å². The highest BCUT2D eigenvalue weighted by Gasteiger charge is 2.55. The van der Waals surface area contributed by atoms with Crippen molar-refractivity contribution in [3.8, 4) is 5.75 Å². The molecule has 6 nitrogen and oxygen atoms in total. The molecule has 0 bridgehead atoms. The largest absolute Gasteiger partial charge is 0.505 e. The van der Waals surface area contributed by atoms with Gasteiger partial charge in [-0.05, 0) is 72.2 Å². The summed E-state index contributed by atoms with van der Waals surface area (Å²) < 4.78 is 14.1. The average Bonchev–Trinajstić information content (AvgIpc) is 3.26. The second kappa shape index (κ2) is 12.8. The van der Waals surface area contributed by atoms with E-state index in [2.05, 4.69) is 0 Å². The number of benzene rings is 3. The number of carbonyl (C=O) groups excluding carboxylic acids is 2. The molecule has 3 aromatic carbocycles. The number of amides is 2. The second-order valence-electron chi connectivity index (χ2n) is 11.1. The molecule has 0 unspecified atom stereocenters. The van der Waals surface area contributed by atoms with Crippen molar-refractivity contribution in [2.24, 2.45) is 17.8 Å². The molecule has 1 heterocycles. The highest BCUT2D eigenvalue weighted by atomic mass is 19.1. The minimum absolute atomic E-state index is 0.257. The highest BCUT2D eigenvalue weighted by Crippen LogP contribution is 2.48. The van der Waals surface area contributed by atoms with Crippen LogP contribution in [0.1, 0.15) is 50.2 Å². The lowest BCUT2D eigenvalue weighted by molar-refractivity contribution is -0.123. The Morgan fingerprint density at radius 1 is 1.02 bits per heavy atom. The second-order valence-corrected chi connectivity index (χ2v) is 11.1. The maximum absolute atomic E-state index is 14.1. The van der Waals surface area contributed by atoms with Gasteiger partial charge in [0, 0.05) is 5.92 Å². The summed E-state index contributed by atoms with van der Waals surface area (Å²) >= 11 is 0. The minimum Gasteiger partial charge on any atom is -0.505 e. The van der Waals surface area contributed by atoms with Gasteiger partial charge in [0.2, 0.25) is 11.8 Å². The lowest BCUT2D eigenvalue weighted by atomic mass is 9.67. The van der Waals surface area contributed by atoms with Crippen molar-refractivity contribution in [2.75, 3.05) is 11.5 Å². The zero-order chi connectivity index (χ0) is 29.8. The number of carbonyl (C=O) groups is 2. The highest BCUT2D eigenvalue weighted by molar-refractivity contribution is 6.22. The first-order valence-corrected chi connectivity index (χ1v) is 14.5. The molecule has 0 saturated carbocycles. The fourth-order valence-corrected chi connectivity index (χ4v) is 6.54. The summed E-state index contributed by atoms with van der Waals surface area (Å²) in [6.45, 7) is 1.68. The van der Waals surface area contributed by atoms with Crippen molar-refractivity contribution < 1.29 is 29.3 Å². The van der Waals surface area contributed by atoms with Gasteiger partial charge in [-0.2, -0.15) is 0 Å². The maximum atomic E-state index is 14.1. The molecule has 2 amide bonds. The molecule has 5 rings (SSSR count). The Morgan fingerprint density at radius 2 is 1.71 bits per heavy atom. The third kappa shape index (κ3) is 5.80. The molecule has 0 spiro atoms. The molecule has 7 heteroatoms. The van der Waals surface area contributed by atoms with E-state index in [-0.39, 0.29) is 18.4 Å². The molecule has 1 fully saturated rings. The van der Waals surface area contributed by atoms with Crippen molar-refractivity contribution in [1.29, 1.82) is 0 Å². The SMILES string of the molecule is CCCC1=C([C@H](O)CC/C(=C/c2ccc(O)c(F)c2)c2ccccc2)[C@H](CO)[C@@H]2C(=O)N(c3ccccc3)C(=O)[C@@H]2C1. The zero-order valence-corrected chi connectivity index (χ0v) is 23.6. The van der Waals surface area contributed by atoms with Crippen LogP contribution in [0, 0.1) is 23.6 Å². The minimum atomic E-state index is -0.943. The Morgan fingerprint density at radius 3 is 2.36 bits per heavy atom. The molecule has 4 atom stereocenters. The number of rotatable bonds is 10. The van der Waals surface area contributed by atoms with E-state index in [1.54, 1.807) is 30.3 Å². The quantitative estimate of drug-likeness (QED) is 0.155. The number of aromatic hydroxyl groups is 1. The van der Waals surface area contributed by atoms with Crippen LogP contribution in [-0.4, -0.2) is 39.8 Å². The van der Waals surface area contributed by atoms with Gasteiger partial charge in [0.25, 0.3) is 0 Å². The van der Waals surface area contributed by atoms with E-state index in [1.807, 2.05) is 49.4 Å². The maximum Gasteiger partial charge on any atom is 0.238 e. The van der Waals surface area contributed by atoms with E-state index in [9.17, 15) is 29.3 Å². The number of aliphatic hydroxyl groups excluding tert-OH is 2. The van der Waals surface area contributed by atoms with Gasteiger partial charge in [0.1, 0.15) is 0 Å². The van der Waals surface area contributed by atoms with Crippen LogP contribution in [0.3, 0.4) is 0 Å². The van der Waals surface area contributed by atoms with Crippen LogP contribution in [0.5, 0.6) is 5.75 Å². The number of nitrogens with zero attached hydrogens (tertiary/aromatic N) is 1. The molecule has 3 N–H and O–H groups in total. The lowest BCUT2D eigenvalue weighted by Crippen LogP contribution is -2.39. The topological polar surface area (TPSA) is 98.1 Å². The van der Waals surface area contributed by atoms with Gasteiger partial charge in [-0.1, -0.05) is 79.6 Å². The number of hydrogen-bond donors (Lipinski definition) is 3. The third-order valence-electron chi connectivity index (χ3n) is 8.45. The number of anilines is 1. The lowest BCUT2D eigenvalue weighted by Gasteiger charge is -2.36. The number of imide groups is 1. The number of phenolic OH excluding ortho intramolecular Hbond substituents is 1. The molecule has 1 aliphatic heterocycles. The summed E-state index contributed by atoms with van der Waals surface area (Å²) in [6, 6.07) is 22.6. The number of allylic oxidation sites excluding steroid dienone is 2. The summed E-state index contributed by atoms with van der Waals surface area (Å²) in [6.07, 6.45) is 3.48. The van der Waals surface area contributed by atoms with Gasteiger partial charge < -0.3 is 15.3 Å². The van der Waals surface area contributed by atoms with Crippen LogP contribution in [0.4, 0.5) is 10.1 Å².